The summed E-state index contributed by atoms with van der Waals surface area (Å²) in [5.41, 5.74) is 6.92. The zero-order valence-corrected chi connectivity index (χ0v) is 11.4. The fraction of sp³-hybridized carbons (Fsp3) is 0.467. The van der Waals surface area contributed by atoms with Gasteiger partial charge in [-0.3, -0.25) is 5.32 Å². The Hall–Kier alpha value is -1.50. The summed E-state index contributed by atoms with van der Waals surface area (Å²) >= 11 is 0. The molecule has 1 atom stereocenters. The van der Waals surface area contributed by atoms with Crippen LogP contribution in [0.5, 0.6) is 5.75 Å². The van der Waals surface area contributed by atoms with E-state index in [0.717, 1.165) is 11.3 Å². The minimum Gasteiger partial charge on any atom is -0.491 e. The second-order valence-corrected chi connectivity index (χ2v) is 4.33. The molecule has 0 aromatic heterocycles. The van der Waals surface area contributed by atoms with Crippen molar-refractivity contribution in [3.05, 3.63) is 29.8 Å². The molecule has 98 valence electrons. The van der Waals surface area contributed by atoms with Crippen LogP contribution in [-0.4, -0.2) is 19.2 Å². The Morgan fingerprint density at radius 3 is 2.44 bits per heavy atom. The van der Waals surface area contributed by atoms with Crippen molar-refractivity contribution in [2.75, 3.05) is 13.1 Å². The zero-order valence-electron chi connectivity index (χ0n) is 11.4. The van der Waals surface area contributed by atoms with E-state index in [0.29, 0.717) is 13.1 Å². The van der Waals surface area contributed by atoms with Gasteiger partial charge in [-0.25, -0.2) is 0 Å². The van der Waals surface area contributed by atoms with Crippen LogP contribution in [0.1, 0.15) is 32.4 Å². The molecular weight excluding hydrogens is 224 g/mol. The number of ether oxygens (including phenoxy) is 1. The van der Waals surface area contributed by atoms with Crippen LogP contribution >= 0.6 is 0 Å². The highest BCUT2D eigenvalue weighted by Crippen LogP contribution is 2.18. The average Bonchev–Trinajstić information content (AvgIpc) is 2.35. The highest BCUT2D eigenvalue weighted by Gasteiger charge is 2.08. The van der Waals surface area contributed by atoms with E-state index in [1.807, 2.05) is 45.0 Å². The lowest BCUT2D eigenvalue weighted by molar-refractivity contribution is 0.242. The summed E-state index contributed by atoms with van der Waals surface area (Å²) in [6, 6.07) is 8.18. The van der Waals surface area contributed by atoms with E-state index in [1.165, 1.54) is 0 Å². The van der Waals surface area contributed by atoms with Crippen molar-refractivity contribution in [3.8, 4) is 17.6 Å². The predicted octanol–water partition coefficient (Wildman–Crippen LogP) is 2.09. The summed E-state index contributed by atoms with van der Waals surface area (Å²) in [5.74, 6) is 6.72. The molecule has 1 aromatic carbocycles. The molecule has 0 heterocycles. The lowest BCUT2D eigenvalue weighted by Gasteiger charge is -2.16. The molecule has 3 heteroatoms. The number of rotatable bonds is 6. The van der Waals surface area contributed by atoms with E-state index < -0.39 is 0 Å². The monoisotopic (exact) mass is 246 g/mol. The maximum absolute atomic E-state index is 5.76. The van der Waals surface area contributed by atoms with Gasteiger partial charge in [-0.1, -0.05) is 18.1 Å². The SMILES string of the molecule is CC#CCNC(CN)c1ccc(OC(C)C)cc1. The average molecular weight is 246 g/mol. The highest BCUT2D eigenvalue weighted by atomic mass is 16.5. The molecule has 0 fully saturated rings. The van der Waals surface area contributed by atoms with Crippen LogP contribution in [0, 0.1) is 11.8 Å². The number of hydrogen-bond donors (Lipinski definition) is 2. The van der Waals surface area contributed by atoms with Crippen LogP contribution in [0.3, 0.4) is 0 Å². The topological polar surface area (TPSA) is 47.3 Å². The minimum atomic E-state index is 0.138. The van der Waals surface area contributed by atoms with Crippen LogP contribution in [0.15, 0.2) is 24.3 Å². The summed E-state index contributed by atoms with van der Waals surface area (Å²) in [5, 5.41) is 3.31. The molecule has 0 bridgehead atoms. The van der Waals surface area contributed by atoms with Crippen LogP contribution in [-0.2, 0) is 0 Å². The molecule has 3 N–H and O–H groups in total. The molecule has 3 nitrogen and oxygen atoms in total. The molecule has 0 aliphatic carbocycles. The first-order chi connectivity index (χ1) is 8.67. The third-order valence-electron chi connectivity index (χ3n) is 2.50. The van der Waals surface area contributed by atoms with Gasteiger partial charge in [-0.15, -0.1) is 5.92 Å². The van der Waals surface area contributed by atoms with Gasteiger partial charge < -0.3 is 10.5 Å². The molecule has 1 unspecified atom stereocenters. The van der Waals surface area contributed by atoms with E-state index >= 15 is 0 Å². The highest BCUT2D eigenvalue weighted by molar-refractivity contribution is 5.29. The molecule has 18 heavy (non-hydrogen) atoms. The maximum Gasteiger partial charge on any atom is 0.119 e. The molecule has 1 aromatic rings. The Labute approximate surface area is 110 Å². The van der Waals surface area contributed by atoms with Gasteiger partial charge in [0, 0.05) is 12.6 Å². The molecule has 0 aliphatic rings. The molecule has 0 spiro atoms. The summed E-state index contributed by atoms with van der Waals surface area (Å²) in [6.45, 7) is 7.07. The smallest absolute Gasteiger partial charge is 0.119 e. The quantitative estimate of drug-likeness (QED) is 0.756. The van der Waals surface area contributed by atoms with Gasteiger partial charge in [0.2, 0.25) is 0 Å². The van der Waals surface area contributed by atoms with Crippen molar-refractivity contribution < 1.29 is 4.74 Å². The lowest BCUT2D eigenvalue weighted by Crippen LogP contribution is -2.28. The molecule has 0 amide bonds. The molecular formula is C15H22N2O. The van der Waals surface area contributed by atoms with E-state index in [9.17, 15) is 0 Å². The van der Waals surface area contributed by atoms with Crippen molar-refractivity contribution in [1.29, 1.82) is 0 Å². The molecule has 0 radical (unpaired) electrons. The van der Waals surface area contributed by atoms with Crippen LogP contribution in [0.25, 0.3) is 0 Å². The first-order valence-electron chi connectivity index (χ1n) is 6.27. The lowest BCUT2D eigenvalue weighted by atomic mass is 10.1. The van der Waals surface area contributed by atoms with Gasteiger partial charge in [0.25, 0.3) is 0 Å². The van der Waals surface area contributed by atoms with Gasteiger partial charge in [-0.05, 0) is 38.5 Å². The minimum absolute atomic E-state index is 0.138. The summed E-state index contributed by atoms with van der Waals surface area (Å²) in [6.07, 6.45) is 0.194. The largest absolute Gasteiger partial charge is 0.491 e. The fourth-order valence-corrected chi connectivity index (χ4v) is 1.65. The van der Waals surface area contributed by atoms with Crippen molar-refractivity contribution in [1.82, 2.24) is 5.32 Å². The number of nitrogens with one attached hydrogen (secondary N) is 1. The first kappa shape index (κ1) is 14.6. The molecule has 0 saturated carbocycles. The normalized spacial score (nSPS) is 11.8. The van der Waals surface area contributed by atoms with Crippen LogP contribution < -0.4 is 15.8 Å². The summed E-state index contributed by atoms with van der Waals surface area (Å²) < 4.78 is 5.61. The van der Waals surface area contributed by atoms with Gasteiger partial charge in [0.15, 0.2) is 0 Å². The van der Waals surface area contributed by atoms with Crippen molar-refractivity contribution in [3.63, 3.8) is 0 Å². The zero-order chi connectivity index (χ0) is 13.4. The third kappa shape index (κ3) is 4.79. The number of nitrogens with two attached hydrogens (primary N) is 1. The van der Waals surface area contributed by atoms with Crippen molar-refractivity contribution in [2.24, 2.45) is 5.73 Å². The standard InChI is InChI=1S/C15H22N2O/c1-4-5-10-17-15(11-16)13-6-8-14(9-7-13)18-12(2)3/h6-9,12,15,17H,10-11,16H2,1-3H3. The van der Waals surface area contributed by atoms with E-state index in [-0.39, 0.29) is 12.1 Å². The van der Waals surface area contributed by atoms with E-state index in [1.54, 1.807) is 0 Å². The third-order valence-corrected chi connectivity index (χ3v) is 2.50. The van der Waals surface area contributed by atoms with Crippen LogP contribution in [0.4, 0.5) is 0 Å². The van der Waals surface area contributed by atoms with Gasteiger partial charge in [-0.2, -0.15) is 0 Å². The molecule has 0 saturated heterocycles. The predicted molar refractivity (Wildman–Crippen MR) is 75.5 cm³/mol. The second-order valence-electron chi connectivity index (χ2n) is 4.33. The summed E-state index contributed by atoms with van der Waals surface area (Å²) in [4.78, 5) is 0. The maximum atomic E-state index is 5.76. The Kier molecular flexibility index (Phi) is 6.27. The Morgan fingerprint density at radius 2 is 1.94 bits per heavy atom. The first-order valence-corrected chi connectivity index (χ1v) is 6.27. The Morgan fingerprint density at radius 1 is 1.28 bits per heavy atom. The van der Waals surface area contributed by atoms with Crippen LogP contribution in [0.2, 0.25) is 0 Å². The Bertz CT molecular complexity index is 401. The number of hydrogen-bond acceptors (Lipinski definition) is 3. The van der Waals surface area contributed by atoms with Gasteiger partial charge in [0.1, 0.15) is 5.75 Å². The van der Waals surface area contributed by atoms with Crippen molar-refractivity contribution in [2.45, 2.75) is 32.9 Å². The number of benzene rings is 1. The van der Waals surface area contributed by atoms with Gasteiger partial charge >= 0.3 is 0 Å². The summed E-state index contributed by atoms with van der Waals surface area (Å²) in [7, 11) is 0. The van der Waals surface area contributed by atoms with E-state index in [4.69, 9.17) is 10.5 Å². The fourth-order valence-electron chi connectivity index (χ4n) is 1.65. The Balaban J connectivity index is 2.65. The second kappa shape index (κ2) is 7.75. The molecule has 1 rings (SSSR count). The molecule has 0 aliphatic heterocycles. The van der Waals surface area contributed by atoms with E-state index in [2.05, 4.69) is 17.2 Å². The van der Waals surface area contributed by atoms with Gasteiger partial charge in [0.05, 0.1) is 12.6 Å². The van der Waals surface area contributed by atoms with Crippen molar-refractivity contribution >= 4 is 0 Å².